The molecule has 160 valence electrons. The Kier molecular flexibility index (Phi) is 4.96. The zero-order valence-electron chi connectivity index (χ0n) is 15.8. The van der Waals surface area contributed by atoms with Gasteiger partial charge >= 0.3 is 6.18 Å². The zero-order chi connectivity index (χ0) is 22.4. The minimum absolute atomic E-state index is 0.0197. The monoisotopic (exact) mass is 451 g/mol. The SMILES string of the molecule is CCS(=O)(=O)c1cc(-c2ccc(F)cc2)cnc1-c1ccn2nc(C(F)(F)F)nc2n1. The van der Waals surface area contributed by atoms with Crippen LogP contribution in [0.25, 0.3) is 28.3 Å². The van der Waals surface area contributed by atoms with Crippen molar-refractivity contribution in [1.29, 1.82) is 0 Å². The molecule has 0 bridgehead atoms. The van der Waals surface area contributed by atoms with Crippen molar-refractivity contribution in [1.82, 2.24) is 24.6 Å². The van der Waals surface area contributed by atoms with Gasteiger partial charge in [0.25, 0.3) is 11.6 Å². The summed E-state index contributed by atoms with van der Waals surface area (Å²) >= 11 is 0. The van der Waals surface area contributed by atoms with E-state index in [2.05, 4.69) is 20.1 Å². The standard InChI is InChI=1S/C19H13F4N5O2S/c1-2-31(29,30)15-9-12(11-3-5-13(20)6-4-11)10-24-16(15)14-7-8-28-18(25-14)26-17(27-28)19(21,22)23/h3-10H,2H2,1H3. The van der Waals surface area contributed by atoms with Crippen LogP contribution in [0.4, 0.5) is 17.6 Å². The van der Waals surface area contributed by atoms with Gasteiger partial charge in [-0.3, -0.25) is 4.98 Å². The molecule has 0 spiro atoms. The number of alkyl halides is 3. The van der Waals surface area contributed by atoms with Crippen molar-refractivity contribution in [2.24, 2.45) is 0 Å². The number of fused-ring (bicyclic) bond motifs is 1. The quantitative estimate of drug-likeness (QED) is 0.439. The van der Waals surface area contributed by atoms with Gasteiger partial charge in [0, 0.05) is 18.0 Å². The maximum Gasteiger partial charge on any atom is 0.453 e. The van der Waals surface area contributed by atoms with E-state index in [0.717, 1.165) is 4.52 Å². The molecule has 12 heteroatoms. The van der Waals surface area contributed by atoms with Gasteiger partial charge in [0.05, 0.1) is 16.3 Å². The molecule has 3 aromatic heterocycles. The van der Waals surface area contributed by atoms with Gasteiger partial charge in [0.2, 0.25) is 0 Å². The molecular weight excluding hydrogens is 438 g/mol. The number of sulfone groups is 1. The van der Waals surface area contributed by atoms with Crippen LogP contribution in [0.1, 0.15) is 12.7 Å². The van der Waals surface area contributed by atoms with Gasteiger partial charge in [-0.15, -0.1) is 5.10 Å². The first-order chi connectivity index (χ1) is 14.6. The largest absolute Gasteiger partial charge is 0.453 e. The molecule has 0 N–H and O–H groups in total. The molecule has 0 fully saturated rings. The van der Waals surface area contributed by atoms with Crippen LogP contribution in [0.15, 0.2) is 53.7 Å². The Morgan fingerprint density at radius 3 is 2.39 bits per heavy atom. The van der Waals surface area contributed by atoms with E-state index in [9.17, 15) is 26.0 Å². The molecule has 0 radical (unpaired) electrons. The third-order valence-corrected chi connectivity index (χ3v) is 6.19. The summed E-state index contributed by atoms with van der Waals surface area (Å²) in [6.07, 6.45) is -2.18. The predicted molar refractivity (Wildman–Crippen MR) is 102 cm³/mol. The number of halogens is 4. The Morgan fingerprint density at radius 1 is 1.03 bits per heavy atom. The fourth-order valence-electron chi connectivity index (χ4n) is 2.86. The van der Waals surface area contributed by atoms with Crippen LogP contribution >= 0.6 is 0 Å². The Balaban J connectivity index is 1.88. The smallest absolute Gasteiger partial charge is 0.253 e. The van der Waals surface area contributed by atoms with E-state index in [0.29, 0.717) is 11.1 Å². The van der Waals surface area contributed by atoms with Crippen molar-refractivity contribution >= 4 is 15.6 Å². The number of nitrogens with zero attached hydrogens (tertiary/aromatic N) is 5. The number of pyridine rings is 1. The molecule has 1 aromatic carbocycles. The van der Waals surface area contributed by atoms with E-state index in [1.54, 1.807) is 0 Å². The van der Waals surface area contributed by atoms with Gasteiger partial charge in [-0.1, -0.05) is 19.1 Å². The summed E-state index contributed by atoms with van der Waals surface area (Å²) in [5.41, 5.74) is 0.959. The van der Waals surface area contributed by atoms with Crippen molar-refractivity contribution < 1.29 is 26.0 Å². The Bertz CT molecular complexity index is 1380. The van der Waals surface area contributed by atoms with Crippen LogP contribution in [0, 0.1) is 5.82 Å². The number of hydrogen-bond acceptors (Lipinski definition) is 6. The zero-order valence-corrected chi connectivity index (χ0v) is 16.6. The van der Waals surface area contributed by atoms with E-state index < -0.39 is 27.7 Å². The van der Waals surface area contributed by atoms with Crippen molar-refractivity contribution in [3.05, 3.63) is 60.4 Å². The molecular formula is C19H13F4N5O2S. The molecule has 7 nitrogen and oxygen atoms in total. The van der Waals surface area contributed by atoms with Crippen LogP contribution in [-0.2, 0) is 16.0 Å². The summed E-state index contributed by atoms with van der Waals surface area (Å²) in [6, 6.07) is 8.11. The summed E-state index contributed by atoms with van der Waals surface area (Å²) in [4.78, 5) is 11.4. The lowest BCUT2D eigenvalue weighted by Gasteiger charge is -2.11. The molecule has 0 saturated heterocycles. The third kappa shape index (κ3) is 3.98. The fraction of sp³-hybridized carbons (Fsp3) is 0.158. The second-order valence-corrected chi connectivity index (χ2v) is 8.72. The Hall–Kier alpha value is -3.41. The average Bonchev–Trinajstić information content (AvgIpc) is 3.18. The van der Waals surface area contributed by atoms with Gasteiger partial charge in [-0.05, 0) is 29.8 Å². The molecule has 0 aliphatic rings. The molecule has 4 aromatic rings. The molecule has 0 aliphatic carbocycles. The first-order valence-electron chi connectivity index (χ1n) is 8.88. The number of hydrogen-bond donors (Lipinski definition) is 0. The third-order valence-electron chi connectivity index (χ3n) is 4.45. The molecule has 4 rings (SSSR count). The summed E-state index contributed by atoms with van der Waals surface area (Å²) in [6.45, 7) is 1.45. The van der Waals surface area contributed by atoms with Crippen molar-refractivity contribution in [3.63, 3.8) is 0 Å². The van der Waals surface area contributed by atoms with Crippen LogP contribution in [0.5, 0.6) is 0 Å². The highest BCUT2D eigenvalue weighted by Gasteiger charge is 2.36. The second kappa shape index (κ2) is 7.38. The van der Waals surface area contributed by atoms with Gasteiger partial charge in [0.15, 0.2) is 9.84 Å². The molecule has 0 atom stereocenters. The predicted octanol–water partition coefficient (Wildman–Crippen LogP) is 3.80. The molecule has 0 aliphatic heterocycles. The summed E-state index contributed by atoms with van der Waals surface area (Å²) in [5.74, 6) is -2.40. The minimum atomic E-state index is -4.75. The van der Waals surface area contributed by atoms with E-state index in [1.807, 2.05) is 0 Å². The topological polar surface area (TPSA) is 90.1 Å². The highest BCUT2D eigenvalue weighted by Crippen LogP contribution is 2.31. The second-order valence-electron chi connectivity index (χ2n) is 6.47. The molecule has 0 saturated carbocycles. The highest BCUT2D eigenvalue weighted by atomic mass is 32.2. The first kappa shape index (κ1) is 20.8. The molecule has 0 amide bonds. The lowest BCUT2D eigenvalue weighted by molar-refractivity contribution is -0.144. The average molecular weight is 451 g/mol. The normalized spacial score (nSPS) is 12.4. The molecule has 31 heavy (non-hydrogen) atoms. The lowest BCUT2D eigenvalue weighted by Crippen LogP contribution is -2.08. The van der Waals surface area contributed by atoms with Gasteiger partial charge in [-0.25, -0.2) is 22.3 Å². The summed E-state index contributed by atoms with van der Waals surface area (Å²) in [5, 5.41) is 3.32. The maximum atomic E-state index is 13.2. The van der Waals surface area contributed by atoms with Gasteiger partial charge in [0.1, 0.15) is 11.5 Å². The number of aromatic nitrogens is 5. The Labute approximate surface area is 173 Å². The summed E-state index contributed by atoms with van der Waals surface area (Å²) in [7, 11) is -3.79. The van der Waals surface area contributed by atoms with Crippen molar-refractivity contribution in [2.45, 2.75) is 18.0 Å². The number of benzene rings is 1. The van der Waals surface area contributed by atoms with E-state index in [-0.39, 0.29) is 27.8 Å². The van der Waals surface area contributed by atoms with Crippen LogP contribution in [0.3, 0.4) is 0 Å². The highest BCUT2D eigenvalue weighted by molar-refractivity contribution is 7.91. The van der Waals surface area contributed by atoms with E-state index in [1.165, 1.54) is 55.7 Å². The first-order valence-corrected chi connectivity index (χ1v) is 10.5. The van der Waals surface area contributed by atoms with E-state index in [4.69, 9.17) is 0 Å². The summed E-state index contributed by atoms with van der Waals surface area (Å²) < 4.78 is 78.1. The number of rotatable bonds is 4. The maximum absolute atomic E-state index is 13.2. The van der Waals surface area contributed by atoms with Gasteiger partial charge < -0.3 is 0 Å². The van der Waals surface area contributed by atoms with Crippen LogP contribution in [0.2, 0.25) is 0 Å². The lowest BCUT2D eigenvalue weighted by atomic mass is 10.1. The molecule has 3 heterocycles. The minimum Gasteiger partial charge on any atom is -0.253 e. The molecule has 0 unspecified atom stereocenters. The fourth-order valence-corrected chi connectivity index (χ4v) is 3.93. The Morgan fingerprint density at radius 2 is 1.74 bits per heavy atom. The van der Waals surface area contributed by atoms with Gasteiger partial charge in [-0.2, -0.15) is 18.2 Å². The van der Waals surface area contributed by atoms with Crippen LogP contribution < -0.4 is 0 Å². The van der Waals surface area contributed by atoms with Crippen molar-refractivity contribution in [2.75, 3.05) is 5.75 Å². The van der Waals surface area contributed by atoms with Crippen LogP contribution in [-0.4, -0.2) is 38.7 Å². The van der Waals surface area contributed by atoms with Crippen molar-refractivity contribution in [3.8, 4) is 22.5 Å². The van der Waals surface area contributed by atoms with E-state index >= 15 is 0 Å².